The van der Waals surface area contributed by atoms with E-state index in [4.69, 9.17) is 16.7 Å². The van der Waals surface area contributed by atoms with Crippen molar-refractivity contribution in [1.29, 1.82) is 0 Å². The van der Waals surface area contributed by atoms with Crippen LogP contribution in [0.3, 0.4) is 0 Å². The second kappa shape index (κ2) is 8.26. The monoisotopic (exact) mass is 426 g/mol. The average Bonchev–Trinajstić information content (AvgIpc) is 3.36. The van der Waals surface area contributed by atoms with Crippen molar-refractivity contribution in [2.75, 3.05) is 6.54 Å². The molecule has 0 saturated heterocycles. The highest BCUT2D eigenvalue weighted by molar-refractivity contribution is 6.30. The highest BCUT2D eigenvalue weighted by Gasteiger charge is 2.26. The van der Waals surface area contributed by atoms with Crippen LogP contribution in [0.5, 0.6) is 0 Å². The first kappa shape index (κ1) is 20.7. The van der Waals surface area contributed by atoms with Gasteiger partial charge in [0.2, 0.25) is 0 Å². The SMILES string of the molecule is CCCN(Cc1nn2c(=O)c3c(n(C)c2c1CC)CCC3)C(=O)c1cccc(Cl)c1. The lowest BCUT2D eigenvalue weighted by Gasteiger charge is -2.22. The highest BCUT2D eigenvalue weighted by Crippen LogP contribution is 2.24. The normalized spacial score (nSPS) is 13.1. The van der Waals surface area contributed by atoms with Crippen molar-refractivity contribution in [2.45, 2.75) is 52.5 Å². The van der Waals surface area contributed by atoms with Crippen LogP contribution >= 0.6 is 11.6 Å². The number of rotatable bonds is 6. The van der Waals surface area contributed by atoms with E-state index in [2.05, 4.69) is 11.5 Å². The summed E-state index contributed by atoms with van der Waals surface area (Å²) in [6.07, 6.45) is 4.32. The second-order valence-corrected chi connectivity index (χ2v) is 8.33. The van der Waals surface area contributed by atoms with E-state index in [-0.39, 0.29) is 11.5 Å². The number of aromatic nitrogens is 3. The topological polar surface area (TPSA) is 59.6 Å². The summed E-state index contributed by atoms with van der Waals surface area (Å²) in [6.45, 7) is 5.09. The molecule has 0 N–H and O–H groups in total. The van der Waals surface area contributed by atoms with Crippen LogP contribution in [-0.2, 0) is 32.9 Å². The lowest BCUT2D eigenvalue weighted by Crippen LogP contribution is -2.32. The van der Waals surface area contributed by atoms with E-state index in [1.165, 1.54) is 0 Å². The van der Waals surface area contributed by atoms with E-state index in [0.717, 1.165) is 60.3 Å². The number of halogens is 1. The molecule has 1 aromatic carbocycles. The smallest absolute Gasteiger partial charge is 0.277 e. The quantitative estimate of drug-likeness (QED) is 0.602. The molecule has 0 bridgehead atoms. The van der Waals surface area contributed by atoms with Crippen LogP contribution in [-0.4, -0.2) is 31.5 Å². The van der Waals surface area contributed by atoms with E-state index in [0.29, 0.717) is 23.7 Å². The molecule has 0 radical (unpaired) electrons. The van der Waals surface area contributed by atoms with Crippen molar-refractivity contribution < 1.29 is 4.79 Å². The zero-order valence-electron chi connectivity index (χ0n) is 17.7. The molecule has 158 valence electrons. The molecular formula is C23H27ClN4O2. The number of amides is 1. The van der Waals surface area contributed by atoms with Gasteiger partial charge in [-0.25, -0.2) is 0 Å². The molecule has 0 unspecified atom stereocenters. The minimum atomic E-state index is -0.0762. The molecule has 0 spiro atoms. The number of benzene rings is 1. The summed E-state index contributed by atoms with van der Waals surface area (Å²) >= 11 is 6.09. The Balaban J connectivity index is 1.78. The Morgan fingerprint density at radius 1 is 1.27 bits per heavy atom. The predicted octanol–water partition coefficient (Wildman–Crippen LogP) is 3.79. The molecule has 1 aliphatic rings. The van der Waals surface area contributed by atoms with Crippen molar-refractivity contribution in [3.63, 3.8) is 0 Å². The molecule has 6 nitrogen and oxygen atoms in total. The number of fused-ring (bicyclic) bond motifs is 2. The molecule has 3 aromatic rings. The molecular weight excluding hydrogens is 400 g/mol. The fourth-order valence-electron chi connectivity index (χ4n) is 4.55. The number of hydrogen-bond acceptors (Lipinski definition) is 3. The Bertz CT molecular complexity index is 1180. The van der Waals surface area contributed by atoms with E-state index >= 15 is 0 Å². The van der Waals surface area contributed by atoms with E-state index < -0.39 is 0 Å². The maximum Gasteiger partial charge on any atom is 0.277 e. The lowest BCUT2D eigenvalue weighted by atomic mass is 10.1. The van der Waals surface area contributed by atoms with Gasteiger partial charge in [0.25, 0.3) is 11.5 Å². The van der Waals surface area contributed by atoms with Crippen LogP contribution in [0, 0.1) is 0 Å². The number of carbonyl (C=O) groups excluding carboxylic acids is 1. The Morgan fingerprint density at radius 3 is 2.77 bits per heavy atom. The fraction of sp³-hybridized carbons (Fsp3) is 0.435. The van der Waals surface area contributed by atoms with E-state index in [1.54, 1.807) is 33.7 Å². The van der Waals surface area contributed by atoms with E-state index in [1.807, 2.05) is 14.0 Å². The summed E-state index contributed by atoms with van der Waals surface area (Å²) in [5, 5.41) is 5.24. The van der Waals surface area contributed by atoms with Gasteiger partial charge in [0.1, 0.15) is 5.65 Å². The highest BCUT2D eigenvalue weighted by atomic mass is 35.5. The molecule has 2 heterocycles. The van der Waals surface area contributed by atoms with Crippen molar-refractivity contribution in [1.82, 2.24) is 19.1 Å². The van der Waals surface area contributed by atoms with Gasteiger partial charge in [0.15, 0.2) is 0 Å². The van der Waals surface area contributed by atoms with Crippen LogP contribution in [0.15, 0.2) is 29.1 Å². The minimum absolute atomic E-state index is 0.0141. The Hall–Kier alpha value is -2.60. The number of aryl methyl sites for hydroxylation is 2. The summed E-state index contributed by atoms with van der Waals surface area (Å²) in [5.74, 6) is -0.0762. The largest absolute Gasteiger partial charge is 0.333 e. The van der Waals surface area contributed by atoms with Crippen molar-refractivity contribution in [2.24, 2.45) is 7.05 Å². The summed E-state index contributed by atoms with van der Waals surface area (Å²) in [7, 11) is 2.02. The van der Waals surface area contributed by atoms with Gasteiger partial charge in [-0.05, 0) is 50.3 Å². The third kappa shape index (κ3) is 3.43. The zero-order valence-corrected chi connectivity index (χ0v) is 18.5. The Kier molecular flexibility index (Phi) is 5.69. The summed E-state index contributed by atoms with van der Waals surface area (Å²) in [6, 6.07) is 7.01. The Labute approximate surface area is 181 Å². The molecule has 7 heteroatoms. The van der Waals surface area contributed by atoms with Crippen molar-refractivity contribution >= 4 is 23.2 Å². The average molecular weight is 427 g/mol. The summed E-state index contributed by atoms with van der Waals surface area (Å²) in [4.78, 5) is 28.0. The number of hydrogen-bond donors (Lipinski definition) is 0. The number of nitrogens with zero attached hydrogens (tertiary/aromatic N) is 4. The van der Waals surface area contributed by atoms with E-state index in [9.17, 15) is 9.59 Å². The minimum Gasteiger partial charge on any atom is -0.333 e. The Morgan fingerprint density at radius 2 is 2.07 bits per heavy atom. The lowest BCUT2D eigenvalue weighted by molar-refractivity contribution is 0.0740. The molecule has 1 amide bonds. The fourth-order valence-corrected chi connectivity index (χ4v) is 4.74. The van der Waals surface area contributed by atoms with Crippen LogP contribution in [0.2, 0.25) is 5.02 Å². The van der Waals surface area contributed by atoms with Gasteiger partial charge >= 0.3 is 0 Å². The first-order valence-electron chi connectivity index (χ1n) is 10.6. The molecule has 2 aromatic heterocycles. The van der Waals surface area contributed by atoms with Crippen LogP contribution < -0.4 is 5.56 Å². The third-order valence-electron chi connectivity index (χ3n) is 5.95. The second-order valence-electron chi connectivity index (χ2n) is 7.89. The van der Waals surface area contributed by atoms with Gasteiger partial charge in [-0.2, -0.15) is 9.61 Å². The first-order chi connectivity index (χ1) is 14.5. The van der Waals surface area contributed by atoms with Gasteiger partial charge in [0, 0.05) is 41.0 Å². The molecule has 0 aliphatic heterocycles. The third-order valence-corrected chi connectivity index (χ3v) is 6.18. The molecule has 0 saturated carbocycles. The summed E-state index contributed by atoms with van der Waals surface area (Å²) in [5.41, 5.74) is 5.22. The summed E-state index contributed by atoms with van der Waals surface area (Å²) < 4.78 is 3.67. The molecule has 0 atom stereocenters. The zero-order chi connectivity index (χ0) is 21.4. The molecule has 0 fully saturated rings. The van der Waals surface area contributed by atoms with Crippen LogP contribution in [0.4, 0.5) is 0 Å². The molecule has 1 aliphatic carbocycles. The van der Waals surface area contributed by atoms with Gasteiger partial charge in [0.05, 0.1) is 12.2 Å². The van der Waals surface area contributed by atoms with Gasteiger partial charge in [-0.15, -0.1) is 0 Å². The van der Waals surface area contributed by atoms with Crippen molar-refractivity contribution in [3.05, 3.63) is 67.7 Å². The predicted molar refractivity (Wildman–Crippen MR) is 118 cm³/mol. The number of carbonyl (C=O) groups is 1. The van der Waals surface area contributed by atoms with Gasteiger partial charge in [-0.3, -0.25) is 9.59 Å². The maximum absolute atomic E-state index is 13.2. The maximum atomic E-state index is 13.2. The van der Waals surface area contributed by atoms with Crippen LogP contribution in [0.1, 0.15) is 59.6 Å². The standard InChI is InChI=1S/C23H27ClN4O2/c1-4-12-27(22(29)15-8-6-9-16(24)13-15)14-19-17(5-2)21-26(3)20-11-7-10-18(20)23(30)28(21)25-19/h6,8-9,13H,4-5,7,10-12,14H2,1-3H3. The van der Waals surface area contributed by atoms with Gasteiger partial charge in [-0.1, -0.05) is 31.5 Å². The van der Waals surface area contributed by atoms with Crippen LogP contribution in [0.25, 0.3) is 5.65 Å². The van der Waals surface area contributed by atoms with Crippen molar-refractivity contribution in [3.8, 4) is 0 Å². The van der Waals surface area contributed by atoms with Gasteiger partial charge < -0.3 is 9.47 Å². The molecule has 30 heavy (non-hydrogen) atoms. The first-order valence-corrected chi connectivity index (χ1v) is 11.0. The molecule has 4 rings (SSSR count).